The minimum atomic E-state index is -1.18. The summed E-state index contributed by atoms with van der Waals surface area (Å²) in [7, 11) is 0. The van der Waals surface area contributed by atoms with Crippen LogP contribution in [0.15, 0.2) is 66.0 Å². The number of allylic oxidation sites excluding steroid dienone is 1. The minimum Gasteiger partial charge on any atom is -0.462 e. The van der Waals surface area contributed by atoms with Crippen molar-refractivity contribution in [3.8, 4) is 0 Å². The molecule has 2 saturated carbocycles. The zero-order valence-electron chi connectivity index (χ0n) is 29.9. The number of esters is 4. The van der Waals surface area contributed by atoms with Crippen molar-refractivity contribution in [1.82, 2.24) is 4.98 Å². The van der Waals surface area contributed by atoms with E-state index in [4.69, 9.17) is 29.4 Å². The Bertz CT molecular complexity index is 1740. The van der Waals surface area contributed by atoms with Crippen molar-refractivity contribution in [3.63, 3.8) is 0 Å². The van der Waals surface area contributed by atoms with Gasteiger partial charge in [0.25, 0.3) is 0 Å². The molecule has 2 bridgehead atoms. The van der Waals surface area contributed by atoms with E-state index in [1.807, 2.05) is 51.1 Å². The first-order valence-electron chi connectivity index (χ1n) is 17.4. The highest BCUT2D eigenvalue weighted by atomic mass is 16.6. The van der Waals surface area contributed by atoms with Gasteiger partial charge < -0.3 is 29.4 Å². The first-order valence-corrected chi connectivity index (χ1v) is 17.4. The lowest BCUT2D eigenvalue weighted by Crippen LogP contribution is -2.68. The van der Waals surface area contributed by atoms with E-state index in [9.17, 15) is 24.0 Å². The lowest BCUT2D eigenvalue weighted by molar-refractivity contribution is -0.220. The molecule has 1 aliphatic heterocycles. The van der Waals surface area contributed by atoms with Crippen molar-refractivity contribution in [2.45, 2.75) is 103 Å². The number of epoxide rings is 1. The number of carbonyl (C=O) groups excluding carboxylic acids is 5. The molecule has 51 heavy (non-hydrogen) atoms. The summed E-state index contributed by atoms with van der Waals surface area (Å²) in [4.78, 5) is 71.2. The third-order valence-electron chi connectivity index (χ3n) is 11.6. The van der Waals surface area contributed by atoms with Crippen LogP contribution in [0.2, 0.25) is 0 Å². The second-order valence-electron chi connectivity index (χ2n) is 15.1. The van der Waals surface area contributed by atoms with Gasteiger partial charge in [-0.15, -0.1) is 0 Å². The third kappa shape index (κ3) is 6.59. The molecule has 9 unspecified atom stereocenters. The molecular weight excluding hydrogens is 656 g/mol. The lowest BCUT2D eigenvalue weighted by atomic mass is 9.48. The number of hydrogen-bond acceptors (Lipinski definition) is 12. The van der Waals surface area contributed by atoms with Gasteiger partial charge in [0.1, 0.15) is 23.9 Å². The van der Waals surface area contributed by atoms with Gasteiger partial charge in [-0.05, 0) is 54.0 Å². The molecule has 9 atom stereocenters. The molecule has 1 aromatic heterocycles. The average Bonchev–Trinajstić information content (AvgIpc) is 3.86. The number of ether oxygens (including phenoxy) is 5. The molecule has 2 heterocycles. The Hall–Kier alpha value is -4.42. The normalized spacial score (nSPS) is 32.8. The Balaban J connectivity index is 1.48. The standard InChI is InChI=1S/C39H46N2O10/c1-21-28(44)17-26-32(48-22(2)42)34-38(6,15-14-29(39(34)20-47-39)50-30(45)18-27(40)24-11-8-7-9-12-24)35(51-36(46)25-13-10-16-41-19-25)33(49-23(3)43)31(21)37(26,4)5/h7-13,16,19,26-27,29,32-35H,14-15,17-18,20,40H2,1-6H3. The lowest BCUT2D eigenvalue weighted by Gasteiger charge is -2.60. The Kier molecular flexibility index (Phi) is 9.71. The van der Waals surface area contributed by atoms with E-state index in [0.29, 0.717) is 24.0 Å². The van der Waals surface area contributed by atoms with Crippen LogP contribution in [0, 0.1) is 22.7 Å². The van der Waals surface area contributed by atoms with E-state index in [0.717, 1.165) is 5.56 Å². The monoisotopic (exact) mass is 702 g/mol. The highest BCUT2D eigenvalue weighted by Crippen LogP contribution is 2.65. The molecule has 0 radical (unpaired) electrons. The van der Waals surface area contributed by atoms with Crippen molar-refractivity contribution in [1.29, 1.82) is 0 Å². The van der Waals surface area contributed by atoms with Crippen molar-refractivity contribution in [3.05, 3.63) is 77.1 Å². The van der Waals surface area contributed by atoms with Crippen molar-refractivity contribution < 1.29 is 47.7 Å². The van der Waals surface area contributed by atoms with E-state index in [-0.39, 0.29) is 30.8 Å². The Morgan fingerprint density at radius 3 is 2.27 bits per heavy atom. The molecule has 272 valence electrons. The second-order valence-corrected chi connectivity index (χ2v) is 15.1. The summed E-state index contributed by atoms with van der Waals surface area (Å²) in [5.74, 6) is -3.99. The van der Waals surface area contributed by atoms with Crippen molar-refractivity contribution in [2.24, 2.45) is 28.4 Å². The number of nitrogens with two attached hydrogens (primary N) is 1. The fourth-order valence-corrected chi connectivity index (χ4v) is 9.17. The number of carbonyl (C=O) groups is 5. The zero-order valence-corrected chi connectivity index (χ0v) is 29.9. The number of Topliss-reactive ketones (excluding diaryl/α,β-unsaturated/α-hetero) is 1. The SMILES string of the molecule is CC(=O)OC1C2=C(C)C(=O)CC(C(OC(C)=O)C3C(C)(CCC(OC(=O)CC(N)c4ccccc4)C34CO4)C1OC(=O)c1cccnc1)C2(C)C. The second kappa shape index (κ2) is 13.6. The summed E-state index contributed by atoms with van der Waals surface area (Å²) in [6.07, 6.45) is -0.604. The number of aromatic nitrogens is 1. The van der Waals surface area contributed by atoms with E-state index in [1.54, 1.807) is 19.1 Å². The number of pyridine rings is 1. The molecule has 4 aliphatic rings. The van der Waals surface area contributed by atoms with Gasteiger partial charge in [0, 0.05) is 56.0 Å². The molecular formula is C39H46N2O10. The Labute approximate surface area is 297 Å². The number of rotatable bonds is 8. The van der Waals surface area contributed by atoms with Crippen LogP contribution in [0.25, 0.3) is 0 Å². The molecule has 3 aliphatic carbocycles. The number of nitrogens with zero attached hydrogens (tertiary/aromatic N) is 1. The number of ketones is 1. The fraction of sp³-hybridized carbons (Fsp3) is 0.538. The quantitative estimate of drug-likeness (QED) is 0.230. The smallest absolute Gasteiger partial charge is 0.340 e. The minimum absolute atomic E-state index is 0.0479. The summed E-state index contributed by atoms with van der Waals surface area (Å²) < 4.78 is 31.3. The molecule has 3 fully saturated rings. The van der Waals surface area contributed by atoms with Crippen molar-refractivity contribution in [2.75, 3.05) is 6.61 Å². The van der Waals surface area contributed by atoms with E-state index in [2.05, 4.69) is 4.98 Å². The summed E-state index contributed by atoms with van der Waals surface area (Å²) in [5.41, 5.74) is 5.09. The maximum Gasteiger partial charge on any atom is 0.340 e. The number of fused-ring (bicyclic) bond motifs is 4. The van der Waals surface area contributed by atoms with Gasteiger partial charge in [0.15, 0.2) is 11.9 Å². The van der Waals surface area contributed by atoms with Crippen LogP contribution in [0.3, 0.4) is 0 Å². The van der Waals surface area contributed by atoms with Gasteiger partial charge >= 0.3 is 23.9 Å². The van der Waals surface area contributed by atoms with Gasteiger partial charge in [-0.2, -0.15) is 0 Å². The number of hydrogen-bond donors (Lipinski definition) is 1. The van der Waals surface area contributed by atoms with Crippen LogP contribution in [0.1, 0.15) is 89.2 Å². The molecule has 1 saturated heterocycles. The molecule has 1 spiro atoms. The van der Waals surface area contributed by atoms with Crippen LogP contribution >= 0.6 is 0 Å². The van der Waals surface area contributed by atoms with Crippen LogP contribution in [-0.4, -0.2) is 71.3 Å². The molecule has 1 aromatic carbocycles. The van der Waals surface area contributed by atoms with Gasteiger partial charge in [-0.1, -0.05) is 51.1 Å². The molecule has 0 amide bonds. The Morgan fingerprint density at radius 2 is 1.67 bits per heavy atom. The molecule has 12 nitrogen and oxygen atoms in total. The van der Waals surface area contributed by atoms with E-state index < -0.39 is 82.6 Å². The summed E-state index contributed by atoms with van der Waals surface area (Å²) in [6.45, 7) is 10.2. The van der Waals surface area contributed by atoms with Crippen molar-refractivity contribution >= 4 is 29.7 Å². The first-order chi connectivity index (χ1) is 24.1. The summed E-state index contributed by atoms with van der Waals surface area (Å²) in [6, 6.07) is 11.8. The topological polar surface area (TPSA) is 174 Å². The number of benzene rings is 1. The maximum atomic E-state index is 13.9. The van der Waals surface area contributed by atoms with E-state index >= 15 is 0 Å². The van der Waals surface area contributed by atoms with Gasteiger partial charge in [-0.25, -0.2) is 4.79 Å². The van der Waals surface area contributed by atoms with Crippen LogP contribution < -0.4 is 5.73 Å². The van der Waals surface area contributed by atoms with Crippen LogP contribution in [0.4, 0.5) is 0 Å². The highest BCUT2D eigenvalue weighted by molar-refractivity contribution is 5.97. The predicted octanol–water partition coefficient (Wildman–Crippen LogP) is 4.60. The average molecular weight is 703 g/mol. The summed E-state index contributed by atoms with van der Waals surface area (Å²) >= 11 is 0. The highest BCUT2D eigenvalue weighted by Gasteiger charge is 2.74. The van der Waals surface area contributed by atoms with Gasteiger partial charge in [0.2, 0.25) is 0 Å². The van der Waals surface area contributed by atoms with Gasteiger partial charge in [0.05, 0.1) is 18.6 Å². The molecule has 2 aromatic rings. The zero-order chi connectivity index (χ0) is 36.9. The maximum absolute atomic E-state index is 13.9. The fourth-order valence-electron chi connectivity index (χ4n) is 9.17. The summed E-state index contributed by atoms with van der Waals surface area (Å²) in [5, 5.41) is 0. The van der Waals surface area contributed by atoms with Gasteiger partial charge in [-0.3, -0.25) is 24.2 Å². The predicted molar refractivity (Wildman–Crippen MR) is 182 cm³/mol. The van der Waals surface area contributed by atoms with E-state index in [1.165, 1.54) is 26.2 Å². The third-order valence-corrected chi connectivity index (χ3v) is 11.6. The molecule has 6 rings (SSSR count). The van der Waals surface area contributed by atoms with Crippen LogP contribution in [0.5, 0.6) is 0 Å². The molecule has 12 heteroatoms. The molecule has 2 N–H and O–H groups in total. The van der Waals surface area contributed by atoms with Crippen LogP contribution in [-0.2, 0) is 42.9 Å². The Morgan fingerprint density at radius 1 is 0.980 bits per heavy atom. The largest absolute Gasteiger partial charge is 0.462 e. The first kappa shape index (κ1) is 36.4.